The number of pyridine rings is 2. The molecule has 0 N–H and O–H groups in total. The summed E-state index contributed by atoms with van der Waals surface area (Å²) >= 11 is 1.77. The zero-order chi connectivity index (χ0) is 28.8. The van der Waals surface area contributed by atoms with Crippen LogP contribution in [0.5, 0.6) is 0 Å². The third-order valence-electron chi connectivity index (χ3n) is 8.79. The Hall–Kier alpha value is -5.66. The van der Waals surface area contributed by atoms with E-state index in [4.69, 9.17) is 19.9 Å². The van der Waals surface area contributed by atoms with Gasteiger partial charge in [-0.05, 0) is 70.3 Å². The second-order valence-electron chi connectivity index (χ2n) is 11.2. The first-order chi connectivity index (χ1) is 21.8. The zero-order valence-electron chi connectivity index (χ0n) is 23.2. The fraction of sp³-hybridized carbons (Fsp3) is 0.0270. The van der Waals surface area contributed by atoms with E-state index in [1.807, 2.05) is 37.2 Å². The van der Waals surface area contributed by atoms with Crippen molar-refractivity contribution in [2.45, 2.75) is 6.42 Å². The van der Waals surface area contributed by atoms with Crippen LogP contribution in [-0.4, -0.2) is 29.9 Å². The van der Waals surface area contributed by atoms with Crippen molar-refractivity contribution < 1.29 is 0 Å². The van der Waals surface area contributed by atoms with Crippen LogP contribution in [0.2, 0.25) is 0 Å². The Kier molecular flexibility index (Phi) is 4.84. The van der Waals surface area contributed by atoms with E-state index in [1.54, 1.807) is 11.3 Å². The normalized spacial score (nSPS) is 12.5. The molecule has 0 saturated carbocycles. The average molecular weight is 581 g/mol. The quantitative estimate of drug-likeness (QED) is 0.190. The van der Waals surface area contributed by atoms with Crippen molar-refractivity contribution in [3.63, 3.8) is 0 Å². The average Bonchev–Trinajstić information content (AvgIpc) is 3.65. The Labute approximate surface area is 254 Å². The van der Waals surface area contributed by atoms with Gasteiger partial charge < -0.3 is 0 Å². The molecule has 5 heterocycles. The van der Waals surface area contributed by atoms with Crippen molar-refractivity contribution in [1.29, 1.82) is 0 Å². The number of rotatable bonds is 2. The van der Waals surface area contributed by atoms with Crippen LogP contribution in [0.15, 0.2) is 110 Å². The molecule has 1 aliphatic carbocycles. The third-order valence-corrected chi connectivity index (χ3v) is 9.94. The van der Waals surface area contributed by atoms with Gasteiger partial charge in [-0.1, -0.05) is 36.4 Å². The molecular formula is C37H20N6S. The summed E-state index contributed by atoms with van der Waals surface area (Å²) in [5.74, 6) is 1.34. The summed E-state index contributed by atoms with van der Waals surface area (Å²) in [4.78, 5) is 28.9. The van der Waals surface area contributed by atoms with E-state index in [9.17, 15) is 0 Å². The molecule has 0 saturated heterocycles. The van der Waals surface area contributed by atoms with Crippen molar-refractivity contribution in [3.05, 3.63) is 121 Å². The molecule has 44 heavy (non-hydrogen) atoms. The first-order valence-electron chi connectivity index (χ1n) is 14.5. The lowest BCUT2D eigenvalue weighted by atomic mass is 10.0. The summed E-state index contributed by atoms with van der Waals surface area (Å²) in [5, 5.41) is 6.44. The molecule has 0 aliphatic heterocycles. The SMILES string of the molecule is c1ccc2c(c1)c1cnc(-c3ccc4c(c3)-c3cnccc3C4)nc1c1nc(-c3ccc4sc5ccncc5c4c3)ncc21. The fourth-order valence-corrected chi connectivity index (χ4v) is 7.71. The molecule has 0 atom stereocenters. The predicted octanol–water partition coefficient (Wildman–Crippen LogP) is 8.79. The number of hydrogen-bond donors (Lipinski definition) is 0. The molecule has 6 nitrogen and oxygen atoms in total. The van der Waals surface area contributed by atoms with Gasteiger partial charge in [0.25, 0.3) is 0 Å². The number of thiophene rings is 1. The van der Waals surface area contributed by atoms with Crippen LogP contribution < -0.4 is 0 Å². The van der Waals surface area contributed by atoms with E-state index in [0.717, 1.165) is 55.5 Å². The lowest BCUT2D eigenvalue weighted by Gasteiger charge is -2.11. The van der Waals surface area contributed by atoms with Crippen LogP contribution in [-0.2, 0) is 6.42 Å². The van der Waals surface area contributed by atoms with Gasteiger partial charge in [-0.2, -0.15) is 0 Å². The van der Waals surface area contributed by atoms with Gasteiger partial charge in [0, 0.05) is 84.8 Å². The maximum atomic E-state index is 5.20. The molecule has 0 spiro atoms. The van der Waals surface area contributed by atoms with Crippen LogP contribution in [0.25, 0.3) is 86.7 Å². The van der Waals surface area contributed by atoms with Crippen molar-refractivity contribution in [3.8, 4) is 33.9 Å². The first-order valence-corrected chi connectivity index (χ1v) is 15.3. The highest BCUT2D eigenvalue weighted by Gasteiger charge is 2.20. The molecule has 0 bridgehead atoms. The minimum absolute atomic E-state index is 0.668. The molecule has 0 amide bonds. The lowest BCUT2D eigenvalue weighted by Crippen LogP contribution is -1.97. The molecule has 1 aliphatic rings. The number of aromatic nitrogens is 6. The molecule has 4 aromatic carbocycles. The van der Waals surface area contributed by atoms with E-state index in [2.05, 4.69) is 82.8 Å². The van der Waals surface area contributed by atoms with E-state index in [0.29, 0.717) is 11.6 Å². The molecule has 0 radical (unpaired) electrons. The third kappa shape index (κ3) is 3.41. The minimum atomic E-state index is 0.668. The Morgan fingerprint density at radius 2 is 1.16 bits per heavy atom. The second-order valence-corrected chi connectivity index (χ2v) is 12.3. The van der Waals surface area contributed by atoms with Gasteiger partial charge >= 0.3 is 0 Å². The van der Waals surface area contributed by atoms with E-state index >= 15 is 0 Å². The van der Waals surface area contributed by atoms with Crippen molar-refractivity contribution in [1.82, 2.24) is 29.9 Å². The van der Waals surface area contributed by atoms with Crippen molar-refractivity contribution >= 4 is 64.1 Å². The summed E-state index contributed by atoms with van der Waals surface area (Å²) in [6.45, 7) is 0. The van der Waals surface area contributed by atoms with Gasteiger partial charge in [0.15, 0.2) is 11.6 Å². The lowest BCUT2D eigenvalue weighted by molar-refractivity contribution is 1.21. The van der Waals surface area contributed by atoms with Gasteiger partial charge in [0.2, 0.25) is 0 Å². The summed E-state index contributed by atoms with van der Waals surface area (Å²) < 4.78 is 2.44. The molecule has 10 rings (SSSR count). The van der Waals surface area contributed by atoms with Crippen LogP contribution >= 0.6 is 11.3 Å². The van der Waals surface area contributed by atoms with E-state index < -0.39 is 0 Å². The number of fused-ring (bicyclic) bond motifs is 12. The molecule has 0 fully saturated rings. The van der Waals surface area contributed by atoms with Crippen LogP contribution in [0, 0.1) is 0 Å². The minimum Gasteiger partial charge on any atom is -0.264 e. The van der Waals surface area contributed by atoms with E-state index in [1.165, 1.54) is 37.0 Å². The van der Waals surface area contributed by atoms with Crippen LogP contribution in [0.4, 0.5) is 0 Å². The summed E-state index contributed by atoms with van der Waals surface area (Å²) in [6, 6.07) is 25.5. The second kappa shape index (κ2) is 8.92. The van der Waals surface area contributed by atoms with Gasteiger partial charge in [0.1, 0.15) is 11.0 Å². The zero-order valence-corrected chi connectivity index (χ0v) is 24.0. The molecule has 7 heteroatoms. The van der Waals surface area contributed by atoms with Crippen molar-refractivity contribution in [2.24, 2.45) is 0 Å². The fourth-order valence-electron chi connectivity index (χ4n) is 6.66. The number of benzene rings is 4. The monoisotopic (exact) mass is 580 g/mol. The highest BCUT2D eigenvalue weighted by atomic mass is 32.1. The van der Waals surface area contributed by atoms with Crippen LogP contribution in [0.1, 0.15) is 11.1 Å². The van der Waals surface area contributed by atoms with Gasteiger partial charge in [-0.15, -0.1) is 11.3 Å². The van der Waals surface area contributed by atoms with Gasteiger partial charge in [-0.25, -0.2) is 19.9 Å². The smallest absolute Gasteiger partial charge is 0.159 e. The van der Waals surface area contributed by atoms with Crippen molar-refractivity contribution in [2.75, 3.05) is 0 Å². The molecule has 5 aromatic heterocycles. The maximum absolute atomic E-state index is 5.20. The summed E-state index contributed by atoms with van der Waals surface area (Å²) in [5.41, 5.74) is 8.57. The first kappa shape index (κ1) is 23.9. The van der Waals surface area contributed by atoms with Gasteiger partial charge in [0.05, 0.1) is 0 Å². The number of hydrogen-bond acceptors (Lipinski definition) is 7. The predicted molar refractivity (Wildman–Crippen MR) is 178 cm³/mol. The Balaban J connectivity index is 1.20. The molecular weight excluding hydrogens is 561 g/mol. The molecule has 0 unspecified atom stereocenters. The standard InChI is InChI=1S/C37H20N6S/c1-2-4-25-24(3-1)30-18-40-36(22-6-5-20-13-21-9-11-38-16-28(21)26(20)14-22)42-34(30)35-31(25)19-41-37(43-35)23-7-8-32-27(15-23)29-17-39-12-10-33(29)44-32/h1-12,14-19H,13H2. The largest absolute Gasteiger partial charge is 0.264 e. The van der Waals surface area contributed by atoms with Crippen LogP contribution in [0.3, 0.4) is 0 Å². The Bertz CT molecular complexity index is 2660. The maximum Gasteiger partial charge on any atom is 0.159 e. The Morgan fingerprint density at radius 3 is 1.95 bits per heavy atom. The highest BCUT2D eigenvalue weighted by molar-refractivity contribution is 7.25. The number of nitrogens with zero attached hydrogens (tertiary/aromatic N) is 6. The summed E-state index contributed by atoms with van der Waals surface area (Å²) in [6.07, 6.45) is 12.4. The summed E-state index contributed by atoms with van der Waals surface area (Å²) in [7, 11) is 0. The highest BCUT2D eigenvalue weighted by Crippen LogP contribution is 2.40. The molecule has 204 valence electrons. The van der Waals surface area contributed by atoms with E-state index in [-0.39, 0.29) is 0 Å². The van der Waals surface area contributed by atoms with Gasteiger partial charge in [-0.3, -0.25) is 9.97 Å². The topological polar surface area (TPSA) is 77.3 Å². The molecule has 9 aromatic rings. The Morgan fingerprint density at radius 1 is 0.500 bits per heavy atom.